The lowest BCUT2D eigenvalue weighted by atomic mass is 10.2. The molecule has 0 spiro atoms. The SMILES string of the molecule is COc1ccc(OCC(=O)Nc2c(C)cc(N)cc2Br)cc1. The molecule has 0 atom stereocenters. The number of amides is 1. The number of hydrogen-bond acceptors (Lipinski definition) is 4. The van der Waals surface area contributed by atoms with Gasteiger partial charge >= 0.3 is 0 Å². The lowest BCUT2D eigenvalue weighted by molar-refractivity contribution is -0.118. The van der Waals surface area contributed by atoms with Crippen LogP contribution in [0.2, 0.25) is 0 Å². The molecule has 0 aromatic heterocycles. The molecule has 0 saturated heterocycles. The Hall–Kier alpha value is -2.21. The summed E-state index contributed by atoms with van der Waals surface area (Å²) in [7, 11) is 1.59. The average molecular weight is 365 g/mol. The van der Waals surface area contributed by atoms with Crippen LogP contribution in [0.4, 0.5) is 11.4 Å². The summed E-state index contributed by atoms with van der Waals surface area (Å²) in [5, 5.41) is 2.81. The molecule has 2 aromatic rings. The number of benzene rings is 2. The predicted molar refractivity (Wildman–Crippen MR) is 90.4 cm³/mol. The van der Waals surface area contributed by atoms with Gasteiger partial charge in [-0.3, -0.25) is 4.79 Å². The zero-order chi connectivity index (χ0) is 16.1. The van der Waals surface area contributed by atoms with E-state index in [1.54, 1.807) is 43.5 Å². The highest BCUT2D eigenvalue weighted by Crippen LogP contribution is 2.29. The van der Waals surface area contributed by atoms with Crippen LogP contribution < -0.4 is 20.5 Å². The van der Waals surface area contributed by atoms with Crippen molar-refractivity contribution in [3.05, 3.63) is 46.4 Å². The average Bonchev–Trinajstić information content (AvgIpc) is 2.49. The third-order valence-corrected chi connectivity index (χ3v) is 3.63. The van der Waals surface area contributed by atoms with Gasteiger partial charge in [0.15, 0.2) is 6.61 Å². The van der Waals surface area contributed by atoms with Crippen LogP contribution in [0.1, 0.15) is 5.56 Å². The van der Waals surface area contributed by atoms with Crippen molar-refractivity contribution in [2.45, 2.75) is 6.92 Å². The lowest BCUT2D eigenvalue weighted by Crippen LogP contribution is -2.21. The number of anilines is 2. The van der Waals surface area contributed by atoms with E-state index < -0.39 is 0 Å². The molecule has 0 aliphatic heterocycles. The van der Waals surface area contributed by atoms with Crippen LogP contribution in [0.15, 0.2) is 40.9 Å². The molecular weight excluding hydrogens is 348 g/mol. The van der Waals surface area contributed by atoms with Gasteiger partial charge in [0.1, 0.15) is 11.5 Å². The van der Waals surface area contributed by atoms with Gasteiger partial charge in [-0.1, -0.05) is 0 Å². The molecule has 0 unspecified atom stereocenters. The lowest BCUT2D eigenvalue weighted by Gasteiger charge is -2.12. The second kappa shape index (κ2) is 7.17. The van der Waals surface area contributed by atoms with Crippen molar-refractivity contribution in [1.82, 2.24) is 0 Å². The number of methoxy groups -OCH3 is 1. The van der Waals surface area contributed by atoms with Crippen molar-refractivity contribution in [1.29, 1.82) is 0 Å². The summed E-state index contributed by atoms with van der Waals surface area (Å²) in [6, 6.07) is 10.6. The highest BCUT2D eigenvalue weighted by atomic mass is 79.9. The van der Waals surface area contributed by atoms with E-state index in [-0.39, 0.29) is 12.5 Å². The molecule has 0 fully saturated rings. The smallest absolute Gasteiger partial charge is 0.262 e. The number of aryl methyl sites for hydroxylation is 1. The predicted octanol–water partition coefficient (Wildman–Crippen LogP) is 3.37. The standard InChI is InChI=1S/C16H17BrN2O3/c1-10-7-11(18)8-14(17)16(10)19-15(20)9-22-13-5-3-12(21-2)4-6-13/h3-8H,9,18H2,1-2H3,(H,19,20). The van der Waals surface area contributed by atoms with Crippen LogP contribution in [0.25, 0.3) is 0 Å². The Morgan fingerprint density at radius 3 is 2.45 bits per heavy atom. The number of rotatable bonds is 5. The van der Waals surface area contributed by atoms with Crippen LogP contribution in [-0.4, -0.2) is 19.6 Å². The fraction of sp³-hybridized carbons (Fsp3) is 0.188. The molecule has 2 aromatic carbocycles. The quantitative estimate of drug-likeness (QED) is 0.797. The molecule has 0 bridgehead atoms. The highest BCUT2D eigenvalue weighted by molar-refractivity contribution is 9.10. The van der Waals surface area contributed by atoms with Crippen molar-refractivity contribution in [2.24, 2.45) is 0 Å². The van der Waals surface area contributed by atoms with Crippen molar-refractivity contribution < 1.29 is 14.3 Å². The first-order chi connectivity index (χ1) is 10.5. The molecule has 0 aliphatic rings. The Morgan fingerprint density at radius 1 is 1.23 bits per heavy atom. The molecule has 1 amide bonds. The molecule has 116 valence electrons. The fourth-order valence-corrected chi connectivity index (χ4v) is 2.60. The molecule has 2 rings (SSSR count). The molecule has 3 N–H and O–H groups in total. The summed E-state index contributed by atoms with van der Waals surface area (Å²) in [5.41, 5.74) is 7.95. The number of nitrogens with two attached hydrogens (primary N) is 1. The van der Waals surface area contributed by atoms with Gasteiger partial charge in [0, 0.05) is 10.2 Å². The van der Waals surface area contributed by atoms with E-state index in [1.807, 2.05) is 6.92 Å². The van der Waals surface area contributed by atoms with Gasteiger partial charge in [0.2, 0.25) is 0 Å². The van der Waals surface area contributed by atoms with Crippen LogP contribution in [-0.2, 0) is 4.79 Å². The number of nitrogens with one attached hydrogen (secondary N) is 1. The number of carbonyl (C=O) groups is 1. The van der Waals surface area contributed by atoms with Crippen LogP contribution in [0, 0.1) is 6.92 Å². The van der Waals surface area contributed by atoms with Crippen molar-refractivity contribution >= 4 is 33.2 Å². The molecule has 0 radical (unpaired) electrons. The van der Waals surface area contributed by atoms with Gasteiger partial charge in [-0.25, -0.2) is 0 Å². The Bertz CT molecular complexity index is 649. The van der Waals surface area contributed by atoms with E-state index in [0.29, 0.717) is 17.1 Å². The van der Waals surface area contributed by atoms with Crippen molar-refractivity contribution in [2.75, 3.05) is 24.8 Å². The Morgan fingerprint density at radius 2 is 1.86 bits per heavy atom. The zero-order valence-electron chi connectivity index (χ0n) is 12.4. The summed E-state index contributed by atoms with van der Waals surface area (Å²) in [5.74, 6) is 1.09. The maximum Gasteiger partial charge on any atom is 0.262 e. The number of ether oxygens (including phenoxy) is 2. The summed E-state index contributed by atoms with van der Waals surface area (Å²) >= 11 is 3.39. The molecule has 0 aliphatic carbocycles. The highest BCUT2D eigenvalue weighted by Gasteiger charge is 2.10. The minimum Gasteiger partial charge on any atom is -0.497 e. The Balaban J connectivity index is 1.95. The van der Waals surface area contributed by atoms with E-state index in [4.69, 9.17) is 15.2 Å². The topological polar surface area (TPSA) is 73.6 Å². The summed E-state index contributed by atoms with van der Waals surface area (Å²) in [4.78, 5) is 12.0. The van der Waals surface area contributed by atoms with Crippen molar-refractivity contribution in [3.8, 4) is 11.5 Å². The number of nitrogen functional groups attached to an aromatic ring is 1. The van der Waals surface area contributed by atoms with Gasteiger partial charge < -0.3 is 20.5 Å². The second-order valence-corrected chi connectivity index (χ2v) is 5.56. The van der Waals surface area contributed by atoms with E-state index in [1.165, 1.54) is 0 Å². The molecule has 0 heterocycles. The third-order valence-electron chi connectivity index (χ3n) is 3.00. The fourth-order valence-electron chi connectivity index (χ4n) is 1.93. The summed E-state index contributed by atoms with van der Waals surface area (Å²) < 4.78 is 11.2. The van der Waals surface area contributed by atoms with E-state index >= 15 is 0 Å². The number of halogens is 1. The van der Waals surface area contributed by atoms with Gasteiger partial charge in [-0.05, 0) is 64.8 Å². The number of hydrogen-bond donors (Lipinski definition) is 2. The van der Waals surface area contributed by atoms with E-state index in [2.05, 4.69) is 21.2 Å². The Labute approximate surface area is 137 Å². The molecular formula is C16H17BrN2O3. The minimum atomic E-state index is -0.246. The van der Waals surface area contributed by atoms with Gasteiger partial charge in [0.25, 0.3) is 5.91 Å². The van der Waals surface area contributed by atoms with E-state index in [0.717, 1.165) is 15.8 Å². The van der Waals surface area contributed by atoms with Crippen molar-refractivity contribution in [3.63, 3.8) is 0 Å². The summed E-state index contributed by atoms with van der Waals surface area (Å²) in [6.07, 6.45) is 0. The first-order valence-electron chi connectivity index (χ1n) is 6.62. The van der Waals surface area contributed by atoms with E-state index in [9.17, 15) is 4.79 Å². The first kappa shape index (κ1) is 16.2. The molecule has 5 nitrogen and oxygen atoms in total. The van der Waals surface area contributed by atoms with Crippen LogP contribution in [0.3, 0.4) is 0 Å². The second-order valence-electron chi connectivity index (χ2n) is 4.71. The molecule has 6 heteroatoms. The van der Waals surface area contributed by atoms with Crippen LogP contribution in [0.5, 0.6) is 11.5 Å². The van der Waals surface area contributed by atoms with Gasteiger partial charge in [-0.2, -0.15) is 0 Å². The van der Waals surface area contributed by atoms with Gasteiger partial charge in [-0.15, -0.1) is 0 Å². The normalized spacial score (nSPS) is 10.1. The largest absolute Gasteiger partial charge is 0.497 e. The monoisotopic (exact) mass is 364 g/mol. The zero-order valence-corrected chi connectivity index (χ0v) is 13.9. The summed E-state index contributed by atoms with van der Waals surface area (Å²) in [6.45, 7) is 1.80. The molecule has 0 saturated carbocycles. The maximum absolute atomic E-state index is 12.0. The molecule has 22 heavy (non-hydrogen) atoms. The minimum absolute atomic E-state index is 0.0808. The third kappa shape index (κ3) is 4.14. The van der Waals surface area contributed by atoms with Crippen LogP contribution >= 0.6 is 15.9 Å². The Kier molecular flexibility index (Phi) is 5.27. The number of carbonyl (C=O) groups excluding carboxylic acids is 1. The van der Waals surface area contributed by atoms with Gasteiger partial charge in [0.05, 0.1) is 12.8 Å². The maximum atomic E-state index is 12.0. The first-order valence-corrected chi connectivity index (χ1v) is 7.41.